The number of likely N-dealkylation sites (N-methyl/N-ethyl adjacent to an activating group) is 1. The number of aryl methyl sites for hydroxylation is 2. The Kier molecular flexibility index (Phi) is 9.16. The van der Waals surface area contributed by atoms with Crippen molar-refractivity contribution in [3.8, 4) is 17.7 Å². The van der Waals surface area contributed by atoms with Crippen LogP contribution in [0.15, 0.2) is 16.8 Å². The molecule has 0 spiro atoms. The van der Waals surface area contributed by atoms with Gasteiger partial charge in [0.25, 0.3) is 5.91 Å². The lowest BCUT2D eigenvalue weighted by Gasteiger charge is -2.37. The highest BCUT2D eigenvalue weighted by atomic mass is 16.5. The average Bonchev–Trinajstić information content (AvgIpc) is 3.17. The zero-order valence-electron chi connectivity index (χ0n) is 22.7. The van der Waals surface area contributed by atoms with E-state index >= 15 is 0 Å². The smallest absolute Gasteiger partial charge is 0.321 e. The van der Waals surface area contributed by atoms with Crippen LogP contribution in [0.3, 0.4) is 0 Å². The quantitative estimate of drug-likeness (QED) is 0.570. The van der Waals surface area contributed by atoms with Crippen LogP contribution in [-0.4, -0.2) is 75.9 Å². The number of hydrogen-bond acceptors (Lipinski definition) is 7. The predicted octanol–water partition coefficient (Wildman–Crippen LogP) is 3.47. The first-order chi connectivity index (χ1) is 17.5. The minimum Gasteiger partial charge on any atom is -0.472 e. The number of urea groups is 1. The number of carbonyl (C=O) groups excluding carboxylic acids is 2. The standard InChI is InChI=1S/C27H37N5O5/c1-16(2)9-8-10-21-11-22-25(28-12-21)36-23(17(3)13-32(26(22)34)18(4)15-33)14-31(7)27(35)29-24-19(5)30-37-20(24)6/h11-12,16-18,23,33H,9,13-15H2,1-7H3,(H,29,35)/t17-,18+,23+/m0/s1. The molecule has 0 radical (unpaired) electrons. The van der Waals surface area contributed by atoms with Gasteiger partial charge in [-0.2, -0.15) is 0 Å². The zero-order chi connectivity index (χ0) is 27.3. The Morgan fingerprint density at radius 3 is 2.70 bits per heavy atom. The number of aromatic nitrogens is 2. The van der Waals surface area contributed by atoms with E-state index in [0.717, 1.165) is 6.42 Å². The molecule has 3 amide bonds. The van der Waals surface area contributed by atoms with Gasteiger partial charge < -0.3 is 29.5 Å². The first kappa shape index (κ1) is 28.0. The van der Waals surface area contributed by atoms with Crippen LogP contribution in [0, 0.1) is 37.5 Å². The molecule has 0 aliphatic carbocycles. The van der Waals surface area contributed by atoms with Crippen molar-refractivity contribution in [1.29, 1.82) is 0 Å². The Labute approximate surface area is 218 Å². The molecule has 37 heavy (non-hydrogen) atoms. The molecule has 0 aromatic carbocycles. The van der Waals surface area contributed by atoms with Gasteiger partial charge in [0.15, 0.2) is 5.76 Å². The number of hydrogen-bond donors (Lipinski definition) is 2. The van der Waals surface area contributed by atoms with E-state index in [9.17, 15) is 14.7 Å². The van der Waals surface area contributed by atoms with Gasteiger partial charge in [-0.1, -0.05) is 37.8 Å². The lowest BCUT2D eigenvalue weighted by Crippen LogP contribution is -2.50. The number of nitrogens with one attached hydrogen (secondary N) is 1. The van der Waals surface area contributed by atoms with E-state index in [4.69, 9.17) is 9.26 Å². The molecule has 10 heteroatoms. The lowest BCUT2D eigenvalue weighted by molar-refractivity contribution is 0.0356. The van der Waals surface area contributed by atoms with E-state index in [1.807, 2.05) is 6.92 Å². The zero-order valence-corrected chi connectivity index (χ0v) is 22.7. The first-order valence-corrected chi connectivity index (χ1v) is 12.5. The van der Waals surface area contributed by atoms with Crippen molar-refractivity contribution in [2.75, 3.05) is 32.1 Å². The Bertz CT molecular complexity index is 1160. The van der Waals surface area contributed by atoms with Crippen LogP contribution in [0.4, 0.5) is 10.5 Å². The van der Waals surface area contributed by atoms with Crippen molar-refractivity contribution in [3.63, 3.8) is 0 Å². The lowest BCUT2D eigenvalue weighted by atomic mass is 10.00. The number of rotatable bonds is 6. The van der Waals surface area contributed by atoms with E-state index < -0.39 is 12.1 Å². The molecular weight excluding hydrogens is 474 g/mol. The normalized spacial score (nSPS) is 18.2. The topological polar surface area (TPSA) is 121 Å². The Morgan fingerprint density at radius 1 is 1.35 bits per heavy atom. The fourth-order valence-corrected chi connectivity index (χ4v) is 3.96. The maximum absolute atomic E-state index is 13.5. The van der Waals surface area contributed by atoms with Gasteiger partial charge in [0.05, 0.1) is 19.2 Å². The van der Waals surface area contributed by atoms with Crippen molar-refractivity contribution in [3.05, 3.63) is 34.8 Å². The number of nitrogens with zero attached hydrogens (tertiary/aromatic N) is 4. The van der Waals surface area contributed by atoms with Gasteiger partial charge in [0.1, 0.15) is 23.0 Å². The largest absolute Gasteiger partial charge is 0.472 e. The van der Waals surface area contributed by atoms with Crippen molar-refractivity contribution < 1.29 is 24.0 Å². The fourth-order valence-electron chi connectivity index (χ4n) is 3.96. The van der Waals surface area contributed by atoms with E-state index in [1.54, 1.807) is 45.0 Å². The summed E-state index contributed by atoms with van der Waals surface area (Å²) < 4.78 is 11.4. The summed E-state index contributed by atoms with van der Waals surface area (Å²) in [5.74, 6) is 6.90. The van der Waals surface area contributed by atoms with Crippen LogP contribution in [0.2, 0.25) is 0 Å². The number of pyridine rings is 1. The summed E-state index contributed by atoms with van der Waals surface area (Å²) in [5.41, 5.74) is 2.04. The number of carbonyl (C=O) groups is 2. The maximum atomic E-state index is 13.5. The Morgan fingerprint density at radius 2 is 2.08 bits per heavy atom. The molecule has 200 valence electrons. The Hall–Kier alpha value is -3.58. The summed E-state index contributed by atoms with van der Waals surface area (Å²) in [7, 11) is 1.67. The van der Waals surface area contributed by atoms with Crippen LogP contribution >= 0.6 is 0 Å². The van der Waals surface area contributed by atoms with Gasteiger partial charge in [0.2, 0.25) is 5.88 Å². The van der Waals surface area contributed by atoms with Gasteiger partial charge >= 0.3 is 6.03 Å². The fraction of sp³-hybridized carbons (Fsp3) is 0.556. The molecule has 0 saturated carbocycles. The molecule has 1 aliphatic heterocycles. The minimum atomic E-state index is -0.467. The van der Waals surface area contributed by atoms with E-state index in [0.29, 0.717) is 35.2 Å². The molecule has 2 aromatic heterocycles. The second-order valence-electron chi connectivity index (χ2n) is 10.1. The molecule has 1 aliphatic rings. The molecule has 3 rings (SSSR count). The SMILES string of the molecule is Cc1noc(C)c1NC(=O)N(C)C[C@H]1Oc2ncc(C#CCC(C)C)cc2C(=O)N([C@H](C)CO)C[C@@H]1C. The molecule has 10 nitrogen and oxygen atoms in total. The number of ether oxygens (including phenoxy) is 1. The number of fused-ring (bicyclic) bond motifs is 1. The second-order valence-corrected chi connectivity index (χ2v) is 10.1. The first-order valence-electron chi connectivity index (χ1n) is 12.5. The average molecular weight is 512 g/mol. The molecule has 0 saturated heterocycles. The van der Waals surface area contributed by atoms with E-state index in [1.165, 1.54) is 4.90 Å². The van der Waals surface area contributed by atoms with Gasteiger partial charge in [0, 0.05) is 37.7 Å². The molecule has 0 unspecified atom stereocenters. The Balaban J connectivity index is 1.88. The van der Waals surface area contributed by atoms with Crippen LogP contribution in [0.1, 0.15) is 61.5 Å². The molecule has 2 aromatic rings. The highest BCUT2D eigenvalue weighted by Crippen LogP contribution is 2.27. The second kappa shape index (κ2) is 12.1. The van der Waals surface area contributed by atoms with Crippen molar-refractivity contribution >= 4 is 17.6 Å². The van der Waals surface area contributed by atoms with Crippen LogP contribution < -0.4 is 10.1 Å². The number of anilines is 1. The van der Waals surface area contributed by atoms with Crippen LogP contribution in [0.5, 0.6) is 5.88 Å². The number of aliphatic hydroxyl groups excluding tert-OH is 1. The summed E-state index contributed by atoms with van der Waals surface area (Å²) in [6, 6.07) is 0.946. The summed E-state index contributed by atoms with van der Waals surface area (Å²) >= 11 is 0. The maximum Gasteiger partial charge on any atom is 0.321 e. The van der Waals surface area contributed by atoms with Crippen LogP contribution in [0.25, 0.3) is 0 Å². The van der Waals surface area contributed by atoms with Gasteiger partial charge in [-0.15, -0.1) is 0 Å². The van der Waals surface area contributed by atoms with Crippen LogP contribution in [-0.2, 0) is 0 Å². The van der Waals surface area contributed by atoms with Crippen molar-refractivity contribution in [1.82, 2.24) is 19.9 Å². The van der Waals surface area contributed by atoms with E-state index in [-0.39, 0.29) is 42.5 Å². The van der Waals surface area contributed by atoms with Gasteiger partial charge in [-0.05, 0) is 32.8 Å². The minimum absolute atomic E-state index is 0.160. The molecule has 2 N–H and O–H groups in total. The molecule has 0 fully saturated rings. The summed E-state index contributed by atoms with van der Waals surface area (Å²) in [5, 5.41) is 16.5. The molecule has 0 bridgehead atoms. The predicted molar refractivity (Wildman–Crippen MR) is 139 cm³/mol. The number of aliphatic hydroxyl groups is 1. The highest BCUT2D eigenvalue weighted by molar-refractivity contribution is 5.97. The third-order valence-electron chi connectivity index (χ3n) is 6.33. The van der Waals surface area contributed by atoms with E-state index in [2.05, 4.69) is 41.1 Å². The monoisotopic (exact) mass is 511 g/mol. The van der Waals surface area contributed by atoms with Gasteiger partial charge in [-0.3, -0.25) is 4.79 Å². The van der Waals surface area contributed by atoms with Gasteiger partial charge in [-0.25, -0.2) is 9.78 Å². The highest BCUT2D eigenvalue weighted by Gasteiger charge is 2.34. The molecular formula is C27H37N5O5. The summed E-state index contributed by atoms with van der Waals surface area (Å²) in [6.45, 7) is 11.8. The number of amides is 3. The third kappa shape index (κ3) is 6.80. The third-order valence-corrected chi connectivity index (χ3v) is 6.33. The van der Waals surface area contributed by atoms with Crippen molar-refractivity contribution in [2.24, 2.45) is 11.8 Å². The summed E-state index contributed by atoms with van der Waals surface area (Å²) in [4.78, 5) is 34.0. The summed E-state index contributed by atoms with van der Waals surface area (Å²) in [6.07, 6.45) is 1.86. The molecule has 3 atom stereocenters. The van der Waals surface area contributed by atoms with Crippen molar-refractivity contribution in [2.45, 2.75) is 60.1 Å². The molecule has 3 heterocycles.